The predicted molar refractivity (Wildman–Crippen MR) is 102 cm³/mol. The summed E-state index contributed by atoms with van der Waals surface area (Å²) in [5.41, 5.74) is 1.27. The minimum atomic E-state index is -3.67. The van der Waals surface area contributed by atoms with Crippen molar-refractivity contribution in [1.82, 2.24) is 10.0 Å². The van der Waals surface area contributed by atoms with E-state index in [-0.39, 0.29) is 16.2 Å². The van der Waals surface area contributed by atoms with E-state index in [0.29, 0.717) is 17.5 Å². The summed E-state index contributed by atoms with van der Waals surface area (Å²) in [6.07, 6.45) is 1.89. The number of nitrogens with zero attached hydrogens (tertiary/aromatic N) is 1. The van der Waals surface area contributed by atoms with Crippen LogP contribution in [0.4, 0.5) is 5.69 Å². The number of benzene rings is 2. The first kappa shape index (κ1) is 17.5. The predicted octanol–water partition coefficient (Wildman–Crippen LogP) is 2.10. The zero-order valence-corrected chi connectivity index (χ0v) is 15.8. The summed E-state index contributed by atoms with van der Waals surface area (Å²) < 4.78 is 28.8. The zero-order chi connectivity index (χ0) is 18.5. The number of hydrogen-bond donors (Lipinski definition) is 2. The molecule has 4 rings (SSSR count). The van der Waals surface area contributed by atoms with E-state index in [2.05, 4.69) is 17.0 Å². The molecule has 2 aromatic rings. The van der Waals surface area contributed by atoms with Crippen LogP contribution in [-0.4, -0.2) is 41.0 Å². The van der Waals surface area contributed by atoms with E-state index in [1.165, 1.54) is 0 Å². The summed E-state index contributed by atoms with van der Waals surface area (Å²) in [4.78, 5) is 14.2. The van der Waals surface area contributed by atoms with E-state index in [0.717, 1.165) is 37.0 Å². The van der Waals surface area contributed by atoms with Crippen molar-refractivity contribution < 1.29 is 13.2 Å². The summed E-state index contributed by atoms with van der Waals surface area (Å²) in [5, 5.41) is 4.62. The van der Waals surface area contributed by atoms with Crippen molar-refractivity contribution in [3.05, 3.63) is 35.9 Å². The number of carbonyl (C=O) groups is 1. The zero-order valence-electron chi connectivity index (χ0n) is 15.0. The smallest absolute Gasteiger partial charge is 0.258 e. The number of piperidine rings is 1. The summed E-state index contributed by atoms with van der Waals surface area (Å²) in [7, 11) is -1.96. The summed E-state index contributed by atoms with van der Waals surface area (Å²) in [5.74, 6) is -0.102. The van der Waals surface area contributed by atoms with Crippen LogP contribution in [0.1, 0.15) is 30.1 Å². The van der Waals surface area contributed by atoms with E-state index in [4.69, 9.17) is 0 Å². The molecule has 1 fully saturated rings. The SMILES string of the molecule is CN1C(=O)c2cccc3c(S(=O)(=O)NCC4(C)CCNCC4)ccc1c23. The Bertz CT molecular complexity index is 995. The van der Waals surface area contributed by atoms with Crippen LogP contribution in [0.25, 0.3) is 10.8 Å². The van der Waals surface area contributed by atoms with E-state index in [9.17, 15) is 13.2 Å². The Hall–Kier alpha value is -1.96. The highest BCUT2D eigenvalue weighted by Gasteiger charge is 2.32. The van der Waals surface area contributed by atoms with Crippen LogP contribution < -0.4 is 14.9 Å². The van der Waals surface area contributed by atoms with Crippen LogP contribution in [0.3, 0.4) is 0 Å². The summed E-state index contributed by atoms with van der Waals surface area (Å²) in [6, 6.07) is 8.58. The number of anilines is 1. The first-order valence-corrected chi connectivity index (χ1v) is 10.3. The molecule has 2 heterocycles. The van der Waals surface area contributed by atoms with Crippen molar-refractivity contribution in [2.75, 3.05) is 31.6 Å². The molecule has 0 spiro atoms. The fourth-order valence-electron chi connectivity index (χ4n) is 3.90. The first-order valence-electron chi connectivity index (χ1n) is 8.87. The van der Waals surface area contributed by atoms with Gasteiger partial charge in [0.25, 0.3) is 5.91 Å². The fourth-order valence-corrected chi connectivity index (χ4v) is 5.30. The molecule has 2 aromatic carbocycles. The average molecular weight is 373 g/mol. The third-order valence-electron chi connectivity index (χ3n) is 5.66. The molecule has 0 bridgehead atoms. The Morgan fingerprint density at radius 2 is 1.92 bits per heavy atom. The highest BCUT2D eigenvalue weighted by atomic mass is 32.2. The lowest BCUT2D eigenvalue weighted by Gasteiger charge is -2.34. The van der Waals surface area contributed by atoms with Crippen LogP contribution in [-0.2, 0) is 10.0 Å². The lowest BCUT2D eigenvalue weighted by Crippen LogP contribution is -2.42. The molecular formula is C19H23N3O3S. The maximum Gasteiger partial charge on any atom is 0.258 e. The molecule has 0 radical (unpaired) electrons. The Balaban J connectivity index is 1.72. The third kappa shape index (κ3) is 2.71. The molecule has 6 nitrogen and oxygen atoms in total. The van der Waals surface area contributed by atoms with Crippen molar-refractivity contribution in [2.24, 2.45) is 5.41 Å². The van der Waals surface area contributed by atoms with E-state index in [1.807, 2.05) is 0 Å². The van der Waals surface area contributed by atoms with E-state index >= 15 is 0 Å². The fraction of sp³-hybridized carbons (Fsp3) is 0.421. The Morgan fingerprint density at radius 3 is 2.65 bits per heavy atom. The van der Waals surface area contributed by atoms with Crippen molar-refractivity contribution in [3.8, 4) is 0 Å². The minimum absolute atomic E-state index is 0.0383. The van der Waals surface area contributed by atoms with Gasteiger partial charge < -0.3 is 10.2 Å². The lowest BCUT2D eigenvalue weighted by atomic mass is 9.81. The highest BCUT2D eigenvalue weighted by molar-refractivity contribution is 7.89. The van der Waals surface area contributed by atoms with Gasteiger partial charge in [-0.05, 0) is 49.5 Å². The molecule has 0 aromatic heterocycles. The minimum Gasteiger partial charge on any atom is -0.317 e. The second-order valence-corrected chi connectivity index (χ2v) is 9.30. The van der Waals surface area contributed by atoms with Gasteiger partial charge >= 0.3 is 0 Å². The van der Waals surface area contributed by atoms with Crippen LogP contribution in [0, 0.1) is 5.41 Å². The third-order valence-corrected chi connectivity index (χ3v) is 7.12. The van der Waals surface area contributed by atoms with Gasteiger partial charge in [-0.25, -0.2) is 13.1 Å². The molecule has 2 aliphatic heterocycles. The van der Waals surface area contributed by atoms with Gasteiger partial charge in [-0.2, -0.15) is 0 Å². The van der Waals surface area contributed by atoms with Gasteiger partial charge in [0.05, 0.1) is 10.6 Å². The number of carbonyl (C=O) groups excluding carboxylic acids is 1. The second kappa shape index (κ2) is 6.04. The number of rotatable bonds is 4. The van der Waals surface area contributed by atoms with Crippen molar-refractivity contribution in [3.63, 3.8) is 0 Å². The molecule has 26 heavy (non-hydrogen) atoms. The molecule has 0 unspecified atom stereocenters. The summed E-state index contributed by atoms with van der Waals surface area (Å²) >= 11 is 0. The van der Waals surface area contributed by atoms with Crippen molar-refractivity contribution in [2.45, 2.75) is 24.7 Å². The van der Waals surface area contributed by atoms with E-state index < -0.39 is 10.0 Å². The molecule has 138 valence electrons. The van der Waals surface area contributed by atoms with Gasteiger partial charge in [0.1, 0.15) is 0 Å². The van der Waals surface area contributed by atoms with Crippen LogP contribution >= 0.6 is 0 Å². The lowest BCUT2D eigenvalue weighted by molar-refractivity contribution is 0.0999. The Morgan fingerprint density at radius 1 is 1.19 bits per heavy atom. The van der Waals surface area contributed by atoms with E-state index in [1.54, 1.807) is 42.3 Å². The number of amides is 1. The van der Waals surface area contributed by atoms with Crippen LogP contribution in [0.5, 0.6) is 0 Å². The molecule has 2 aliphatic rings. The Labute approximate surface area is 153 Å². The molecule has 1 amide bonds. The standard InChI is InChI=1S/C19H23N3O3S/c1-19(8-10-20-11-9-19)12-21-26(24,25)16-7-6-15-17-13(16)4-3-5-14(17)18(23)22(15)2/h3-7,20-21H,8-12H2,1-2H3. The highest BCUT2D eigenvalue weighted by Crippen LogP contribution is 2.39. The normalized spacial score (nSPS) is 19.3. The van der Waals surface area contributed by atoms with Crippen molar-refractivity contribution in [1.29, 1.82) is 0 Å². The molecular weight excluding hydrogens is 350 g/mol. The van der Waals surface area contributed by atoms with Gasteiger partial charge in [-0.3, -0.25) is 4.79 Å². The molecule has 0 saturated carbocycles. The maximum absolute atomic E-state index is 13.0. The van der Waals surface area contributed by atoms with Gasteiger partial charge in [0, 0.05) is 29.9 Å². The summed E-state index contributed by atoms with van der Waals surface area (Å²) in [6.45, 7) is 4.36. The number of sulfonamides is 1. The van der Waals surface area contributed by atoms with Gasteiger partial charge in [-0.1, -0.05) is 19.1 Å². The second-order valence-electron chi connectivity index (χ2n) is 7.56. The molecule has 7 heteroatoms. The topological polar surface area (TPSA) is 78.5 Å². The number of nitrogens with one attached hydrogen (secondary N) is 2. The van der Waals surface area contributed by atoms with Crippen LogP contribution in [0.15, 0.2) is 35.2 Å². The maximum atomic E-state index is 13.0. The monoisotopic (exact) mass is 373 g/mol. The van der Waals surface area contributed by atoms with Gasteiger partial charge in [-0.15, -0.1) is 0 Å². The quantitative estimate of drug-likeness (QED) is 0.860. The molecule has 1 saturated heterocycles. The van der Waals surface area contributed by atoms with Gasteiger partial charge in [0.2, 0.25) is 10.0 Å². The first-order chi connectivity index (χ1) is 12.3. The Kier molecular flexibility index (Phi) is 4.06. The van der Waals surface area contributed by atoms with Crippen molar-refractivity contribution >= 4 is 32.4 Å². The molecule has 0 aliphatic carbocycles. The molecule has 2 N–H and O–H groups in total. The van der Waals surface area contributed by atoms with Gasteiger partial charge in [0.15, 0.2) is 0 Å². The van der Waals surface area contributed by atoms with Crippen LogP contribution in [0.2, 0.25) is 0 Å². The molecule has 0 atom stereocenters. The largest absolute Gasteiger partial charge is 0.317 e. The average Bonchev–Trinajstić information content (AvgIpc) is 2.88. The number of hydrogen-bond acceptors (Lipinski definition) is 4.